The fourth-order valence-corrected chi connectivity index (χ4v) is 4.75. The summed E-state index contributed by atoms with van der Waals surface area (Å²) in [6, 6.07) is 11.2. The van der Waals surface area contributed by atoms with Gasteiger partial charge < -0.3 is 5.11 Å². The van der Waals surface area contributed by atoms with E-state index in [9.17, 15) is 18.3 Å². The Morgan fingerprint density at radius 1 is 1.23 bits per heavy atom. The molecule has 3 aromatic rings. The lowest BCUT2D eigenvalue weighted by molar-refractivity contribution is 0.0703. The van der Waals surface area contributed by atoms with Crippen molar-refractivity contribution in [2.45, 2.75) is 11.8 Å². The Kier molecular flexibility index (Phi) is 4.99. The summed E-state index contributed by atoms with van der Waals surface area (Å²) in [4.78, 5) is 16.2. The molecule has 3 rings (SSSR count). The summed E-state index contributed by atoms with van der Waals surface area (Å²) in [5.74, 6) is -1.22. The molecule has 2 N–H and O–H groups in total. The topological polar surface area (TPSA) is 96.4 Å². The van der Waals surface area contributed by atoms with Crippen LogP contribution in [0.25, 0.3) is 10.6 Å². The standard InChI is InChI=1S/C17H13ClN2O4S2/c1-10-4-2-3-5-15(10)26(23,24)20-13-8-14(25-16(13)17(21)22)12-7-6-11(18)9-19-12/h2-9,20H,1H3,(H,21,22). The van der Waals surface area contributed by atoms with Gasteiger partial charge in [0.05, 0.1) is 26.2 Å². The van der Waals surface area contributed by atoms with Crippen LogP contribution in [-0.4, -0.2) is 24.5 Å². The summed E-state index contributed by atoms with van der Waals surface area (Å²) in [5.41, 5.74) is 1.06. The van der Waals surface area contributed by atoms with E-state index in [2.05, 4.69) is 9.71 Å². The first-order valence-corrected chi connectivity index (χ1v) is 10.0. The summed E-state index contributed by atoms with van der Waals surface area (Å²) in [6.45, 7) is 1.67. The van der Waals surface area contributed by atoms with E-state index < -0.39 is 16.0 Å². The molecule has 0 radical (unpaired) electrons. The number of thiophene rings is 1. The quantitative estimate of drug-likeness (QED) is 0.657. The van der Waals surface area contributed by atoms with Crippen LogP contribution in [0, 0.1) is 6.92 Å². The monoisotopic (exact) mass is 408 g/mol. The predicted octanol–water partition coefficient (Wildman–Crippen LogP) is 4.27. The maximum atomic E-state index is 12.7. The molecule has 0 aliphatic rings. The van der Waals surface area contributed by atoms with Crippen LogP contribution in [0.15, 0.2) is 53.6 Å². The molecule has 0 atom stereocenters. The molecule has 0 aliphatic heterocycles. The van der Waals surface area contributed by atoms with Gasteiger partial charge in [-0.05, 0) is 36.8 Å². The molecule has 0 bridgehead atoms. The molecule has 9 heteroatoms. The van der Waals surface area contributed by atoms with Gasteiger partial charge in [0.2, 0.25) is 0 Å². The van der Waals surface area contributed by atoms with Crippen molar-refractivity contribution in [3.05, 3.63) is 64.1 Å². The Balaban J connectivity index is 2.03. The number of sulfonamides is 1. The van der Waals surface area contributed by atoms with Crippen LogP contribution in [0.3, 0.4) is 0 Å². The second-order valence-corrected chi connectivity index (χ2v) is 8.53. The first-order chi connectivity index (χ1) is 12.3. The van der Waals surface area contributed by atoms with Crippen LogP contribution in [0.5, 0.6) is 0 Å². The number of aromatic carboxylic acids is 1. The highest BCUT2D eigenvalue weighted by Gasteiger charge is 2.23. The average molecular weight is 409 g/mol. The number of carboxylic acids is 1. The largest absolute Gasteiger partial charge is 0.477 e. The number of nitrogens with one attached hydrogen (secondary N) is 1. The van der Waals surface area contributed by atoms with Gasteiger partial charge in [0, 0.05) is 6.20 Å². The van der Waals surface area contributed by atoms with Crippen molar-refractivity contribution in [2.24, 2.45) is 0 Å². The highest BCUT2D eigenvalue weighted by molar-refractivity contribution is 7.92. The smallest absolute Gasteiger partial charge is 0.348 e. The van der Waals surface area contributed by atoms with E-state index in [1.807, 2.05) is 0 Å². The lowest BCUT2D eigenvalue weighted by Gasteiger charge is -2.09. The van der Waals surface area contributed by atoms with E-state index in [0.717, 1.165) is 11.3 Å². The Morgan fingerprint density at radius 2 is 1.96 bits per heavy atom. The maximum absolute atomic E-state index is 12.7. The number of hydrogen-bond donors (Lipinski definition) is 2. The van der Waals surface area contributed by atoms with Gasteiger partial charge in [0.15, 0.2) is 0 Å². The van der Waals surface area contributed by atoms with Crippen LogP contribution >= 0.6 is 22.9 Å². The number of carbonyl (C=O) groups is 1. The zero-order chi connectivity index (χ0) is 18.9. The second-order valence-electron chi connectivity index (χ2n) is 5.39. The third-order valence-corrected chi connectivity index (χ3v) is 6.43. The lowest BCUT2D eigenvalue weighted by atomic mass is 10.2. The summed E-state index contributed by atoms with van der Waals surface area (Å²) < 4.78 is 27.7. The van der Waals surface area contributed by atoms with Gasteiger partial charge in [-0.2, -0.15) is 0 Å². The molecule has 26 heavy (non-hydrogen) atoms. The van der Waals surface area contributed by atoms with Crippen LogP contribution < -0.4 is 4.72 Å². The molecule has 0 saturated carbocycles. The molecule has 0 spiro atoms. The van der Waals surface area contributed by atoms with Gasteiger partial charge in [0.1, 0.15) is 4.88 Å². The minimum absolute atomic E-state index is 0.00231. The zero-order valence-corrected chi connectivity index (χ0v) is 15.8. The SMILES string of the molecule is Cc1ccccc1S(=O)(=O)Nc1cc(-c2ccc(Cl)cn2)sc1C(=O)O. The van der Waals surface area contributed by atoms with Gasteiger partial charge in [-0.3, -0.25) is 9.71 Å². The molecule has 2 aromatic heterocycles. The van der Waals surface area contributed by atoms with Crippen molar-refractivity contribution in [3.63, 3.8) is 0 Å². The van der Waals surface area contributed by atoms with E-state index in [-0.39, 0.29) is 15.5 Å². The lowest BCUT2D eigenvalue weighted by Crippen LogP contribution is -2.15. The molecule has 0 fully saturated rings. The number of halogens is 1. The summed E-state index contributed by atoms with van der Waals surface area (Å²) in [7, 11) is -3.92. The zero-order valence-electron chi connectivity index (χ0n) is 13.4. The van der Waals surface area contributed by atoms with Crippen LogP contribution in [0.2, 0.25) is 5.02 Å². The maximum Gasteiger partial charge on any atom is 0.348 e. The molecule has 2 heterocycles. The fraction of sp³-hybridized carbons (Fsp3) is 0.0588. The Morgan fingerprint density at radius 3 is 2.58 bits per heavy atom. The van der Waals surface area contributed by atoms with Crippen molar-refractivity contribution < 1.29 is 18.3 Å². The van der Waals surface area contributed by atoms with Gasteiger partial charge in [-0.15, -0.1) is 11.3 Å². The number of aromatic nitrogens is 1. The number of benzene rings is 1. The van der Waals surface area contributed by atoms with E-state index in [1.54, 1.807) is 37.3 Å². The van der Waals surface area contributed by atoms with Gasteiger partial charge in [-0.25, -0.2) is 13.2 Å². The first-order valence-electron chi connectivity index (χ1n) is 7.35. The molecular formula is C17H13ClN2O4S2. The summed E-state index contributed by atoms with van der Waals surface area (Å²) in [5, 5.41) is 9.87. The molecule has 0 aliphatic carbocycles. The second kappa shape index (κ2) is 7.06. The van der Waals surface area contributed by atoms with Crippen molar-refractivity contribution in [3.8, 4) is 10.6 Å². The third kappa shape index (κ3) is 3.72. The number of hydrogen-bond acceptors (Lipinski definition) is 5. The molecule has 6 nitrogen and oxygen atoms in total. The van der Waals surface area contributed by atoms with E-state index in [0.29, 0.717) is 21.2 Å². The van der Waals surface area contributed by atoms with E-state index in [4.69, 9.17) is 11.6 Å². The van der Waals surface area contributed by atoms with Gasteiger partial charge >= 0.3 is 5.97 Å². The number of nitrogens with zero attached hydrogens (tertiary/aromatic N) is 1. The number of pyridine rings is 1. The number of anilines is 1. The molecular weight excluding hydrogens is 396 g/mol. The fourth-order valence-electron chi connectivity index (χ4n) is 2.33. The molecule has 1 aromatic carbocycles. The van der Waals surface area contributed by atoms with Crippen molar-refractivity contribution in [1.82, 2.24) is 4.98 Å². The summed E-state index contributed by atoms with van der Waals surface area (Å²) >= 11 is 6.75. The molecule has 0 unspecified atom stereocenters. The van der Waals surface area contributed by atoms with Gasteiger partial charge in [-0.1, -0.05) is 29.8 Å². The van der Waals surface area contributed by atoms with E-state index in [1.165, 1.54) is 18.3 Å². The van der Waals surface area contributed by atoms with Crippen LogP contribution in [0.4, 0.5) is 5.69 Å². The summed E-state index contributed by atoms with van der Waals surface area (Å²) in [6.07, 6.45) is 1.44. The number of aryl methyl sites for hydroxylation is 1. The average Bonchev–Trinajstić information content (AvgIpc) is 2.99. The van der Waals surface area contributed by atoms with Gasteiger partial charge in [0.25, 0.3) is 10.0 Å². The molecule has 0 amide bonds. The highest BCUT2D eigenvalue weighted by atomic mass is 35.5. The Hall–Kier alpha value is -2.42. The highest BCUT2D eigenvalue weighted by Crippen LogP contribution is 2.35. The molecule has 134 valence electrons. The molecule has 0 saturated heterocycles. The number of rotatable bonds is 5. The van der Waals surface area contributed by atoms with Crippen molar-refractivity contribution in [2.75, 3.05) is 4.72 Å². The van der Waals surface area contributed by atoms with E-state index >= 15 is 0 Å². The minimum Gasteiger partial charge on any atom is -0.477 e. The van der Waals surface area contributed by atoms with Crippen molar-refractivity contribution >= 4 is 44.6 Å². The predicted molar refractivity (Wildman–Crippen MR) is 102 cm³/mol. The van der Waals surface area contributed by atoms with Crippen LogP contribution in [0.1, 0.15) is 15.2 Å². The minimum atomic E-state index is -3.92. The van der Waals surface area contributed by atoms with Crippen molar-refractivity contribution in [1.29, 1.82) is 0 Å². The normalized spacial score (nSPS) is 11.3. The third-order valence-electron chi connectivity index (χ3n) is 3.53. The Bertz CT molecular complexity index is 1080. The number of carboxylic acid groups (broad SMARTS) is 1. The van der Waals surface area contributed by atoms with Crippen LogP contribution in [-0.2, 0) is 10.0 Å². The Labute approximate surface area is 159 Å². The first kappa shape index (κ1) is 18.4.